The second-order valence-electron chi connectivity index (χ2n) is 3.49. The van der Waals surface area contributed by atoms with Gasteiger partial charge in [-0.05, 0) is 19.1 Å². The van der Waals surface area contributed by atoms with Gasteiger partial charge in [0.1, 0.15) is 6.07 Å². The van der Waals surface area contributed by atoms with E-state index in [0.717, 1.165) is 0 Å². The predicted octanol–water partition coefficient (Wildman–Crippen LogP) is 0.867. The highest BCUT2D eigenvalue weighted by Crippen LogP contribution is 2.19. The highest BCUT2D eigenvalue weighted by Gasteiger charge is 2.46. The largest absolute Gasteiger partial charge is 0.355 e. The molecule has 0 spiro atoms. The zero-order valence-corrected chi connectivity index (χ0v) is 8.69. The van der Waals surface area contributed by atoms with Crippen molar-refractivity contribution in [3.63, 3.8) is 0 Å². The van der Waals surface area contributed by atoms with E-state index in [-0.39, 0.29) is 0 Å². The summed E-state index contributed by atoms with van der Waals surface area (Å²) in [6, 6.07) is 11.1. The van der Waals surface area contributed by atoms with Crippen LogP contribution in [0.25, 0.3) is 0 Å². The SMILES string of the molecule is CC1=NNC(=O)[C@@]1(C#N)Nc1ccccc1. The lowest BCUT2D eigenvalue weighted by atomic mass is 9.95. The molecule has 16 heavy (non-hydrogen) atoms. The molecule has 0 radical (unpaired) electrons. The van der Waals surface area contributed by atoms with Gasteiger partial charge in [0.25, 0.3) is 5.91 Å². The molecule has 1 amide bonds. The molecule has 2 N–H and O–H groups in total. The summed E-state index contributed by atoms with van der Waals surface area (Å²) in [5.41, 5.74) is 2.03. The molecule has 2 rings (SSSR count). The normalized spacial score (nSPS) is 23.2. The molecule has 1 aromatic carbocycles. The molecule has 1 aromatic rings. The van der Waals surface area contributed by atoms with Gasteiger partial charge in [0.05, 0.1) is 5.71 Å². The van der Waals surface area contributed by atoms with Crippen molar-refractivity contribution < 1.29 is 4.79 Å². The lowest BCUT2D eigenvalue weighted by molar-refractivity contribution is -0.121. The van der Waals surface area contributed by atoms with Crippen molar-refractivity contribution in [3.05, 3.63) is 30.3 Å². The molecule has 0 saturated heterocycles. The third kappa shape index (κ3) is 1.41. The predicted molar refractivity (Wildman–Crippen MR) is 59.7 cm³/mol. The standard InChI is InChI=1S/C11H10N4O/c1-8-11(7-12,10(16)15-14-8)13-9-5-3-2-4-6-9/h2-6,13H,1H3,(H,15,16)/t11-/m0/s1. The van der Waals surface area contributed by atoms with Crippen LogP contribution in [-0.4, -0.2) is 17.2 Å². The summed E-state index contributed by atoms with van der Waals surface area (Å²) in [5.74, 6) is -0.448. The Morgan fingerprint density at radius 3 is 2.62 bits per heavy atom. The minimum Gasteiger partial charge on any atom is -0.355 e. The number of para-hydroxylation sites is 1. The van der Waals surface area contributed by atoms with Crippen LogP contribution in [0.5, 0.6) is 0 Å². The van der Waals surface area contributed by atoms with E-state index in [1.807, 2.05) is 24.3 Å². The average Bonchev–Trinajstić information content (AvgIpc) is 2.59. The smallest absolute Gasteiger partial charge is 0.286 e. The molecular formula is C11H10N4O. The number of nitriles is 1. The number of nitrogens with one attached hydrogen (secondary N) is 2. The summed E-state index contributed by atoms with van der Waals surface area (Å²) in [4.78, 5) is 11.6. The van der Waals surface area contributed by atoms with Crippen molar-refractivity contribution in [3.8, 4) is 6.07 Å². The Morgan fingerprint density at radius 2 is 2.12 bits per heavy atom. The fourth-order valence-corrected chi connectivity index (χ4v) is 1.51. The third-order valence-corrected chi connectivity index (χ3v) is 2.48. The number of nitrogens with zero attached hydrogens (tertiary/aromatic N) is 2. The van der Waals surface area contributed by atoms with E-state index in [4.69, 9.17) is 5.26 Å². The second-order valence-corrected chi connectivity index (χ2v) is 3.49. The summed E-state index contributed by atoms with van der Waals surface area (Å²) >= 11 is 0. The molecule has 0 unspecified atom stereocenters. The fraction of sp³-hybridized carbons (Fsp3) is 0.182. The number of benzene rings is 1. The van der Waals surface area contributed by atoms with Crippen LogP contribution in [0.3, 0.4) is 0 Å². The van der Waals surface area contributed by atoms with Gasteiger partial charge in [-0.3, -0.25) is 4.79 Å². The van der Waals surface area contributed by atoms with Crippen LogP contribution in [0.2, 0.25) is 0 Å². The Balaban J connectivity index is 2.35. The second kappa shape index (κ2) is 3.66. The first kappa shape index (κ1) is 10.2. The number of anilines is 1. The van der Waals surface area contributed by atoms with E-state index < -0.39 is 11.4 Å². The van der Waals surface area contributed by atoms with Gasteiger partial charge in [-0.15, -0.1) is 0 Å². The highest BCUT2D eigenvalue weighted by molar-refractivity contribution is 6.20. The summed E-state index contributed by atoms with van der Waals surface area (Å²) in [6.07, 6.45) is 0. The van der Waals surface area contributed by atoms with Crippen LogP contribution in [0.1, 0.15) is 6.92 Å². The van der Waals surface area contributed by atoms with Crippen molar-refractivity contribution >= 4 is 17.3 Å². The van der Waals surface area contributed by atoms with Crippen molar-refractivity contribution in [2.24, 2.45) is 5.10 Å². The van der Waals surface area contributed by atoms with Crippen LogP contribution < -0.4 is 10.7 Å². The van der Waals surface area contributed by atoms with Crippen LogP contribution in [0, 0.1) is 11.3 Å². The fourth-order valence-electron chi connectivity index (χ4n) is 1.51. The molecule has 0 fully saturated rings. The summed E-state index contributed by atoms with van der Waals surface area (Å²) in [5, 5.41) is 15.8. The van der Waals surface area contributed by atoms with E-state index in [9.17, 15) is 4.79 Å². The summed E-state index contributed by atoms with van der Waals surface area (Å²) < 4.78 is 0. The van der Waals surface area contributed by atoms with Gasteiger partial charge in [-0.2, -0.15) is 10.4 Å². The highest BCUT2D eigenvalue weighted by atomic mass is 16.2. The Morgan fingerprint density at radius 1 is 1.44 bits per heavy atom. The van der Waals surface area contributed by atoms with Crippen LogP contribution in [-0.2, 0) is 4.79 Å². The van der Waals surface area contributed by atoms with Gasteiger partial charge < -0.3 is 5.32 Å². The number of carbonyl (C=O) groups is 1. The van der Waals surface area contributed by atoms with Crippen molar-refractivity contribution in [1.29, 1.82) is 5.26 Å². The quantitative estimate of drug-likeness (QED) is 0.766. The number of amides is 1. The van der Waals surface area contributed by atoms with E-state index in [1.54, 1.807) is 19.1 Å². The van der Waals surface area contributed by atoms with Gasteiger partial charge in [-0.25, -0.2) is 5.43 Å². The van der Waals surface area contributed by atoms with Crippen LogP contribution >= 0.6 is 0 Å². The van der Waals surface area contributed by atoms with Crippen molar-refractivity contribution in [1.82, 2.24) is 5.43 Å². The molecule has 1 aliphatic rings. The first-order valence-corrected chi connectivity index (χ1v) is 4.79. The molecule has 1 aliphatic heterocycles. The lowest BCUT2D eigenvalue weighted by Gasteiger charge is -2.20. The van der Waals surface area contributed by atoms with Crippen molar-refractivity contribution in [2.45, 2.75) is 12.5 Å². The van der Waals surface area contributed by atoms with E-state index in [2.05, 4.69) is 15.8 Å². The maximum Gasteiger partial charge on any atom is 0.286 e. The third-order valence-electron chi connectivity index (χ3n) is 2.48. The number of rotatable bonds is 2. The first-order valence-electron chi connectivity index (χ1n) is 4.79. The Labute approximate surface area is 92.8 Å². The monoisotopic (exact) mass is 214 g/mol. The summed E-state index contributed by atoms with van der Waals surface area (Å²) in [7, 11) is 0. The topological polar surface area (TPSA) is 77.3 Å². The van der Waals surface area contributed by atoms with Gasteiger partial charge in [0, 0.05) is 5.69 Å². The molecule has 0 aromatic heterocycles. The molecule has 0 bridgehead atoms. The van der Waals surface area contributed by atoms with E-state index in [1.165, 1.54) is 0 Å². The number of hydrogen-bond acceptors (Lipinski definition) is 4. The van der Waals surface area contributed by atoms with Gasteiger partial charge in [0.15, 0.2) is 0 Å². The Kier molecular flexibility index (Phi) is 2.33. The summed E-state index contributed by atoms with van der Waals surface area (Å²) in [6.45, 7) is 1.64. The molecule has 1 heterocycles. The maximum absolute atomic E-state index is 11.6. The molecule has 5 nitrogen and oxygen atoms in total. The van der Waals surface area contributed by atoms with E-state index in [0.29, 0.717) is 11.4 Å². The van der Waals surface area contributed by atoms with Crippen molar-refractivity contribution in [2.75, 3.05) is 5.32 Å². The van der Waals surface area contributed by atoms with Crippen LogP contribution in [0.15, 0.2) is 35.4 Å². The lowest BCUT2D eigenvalue weighted by Crippen LogP contribution is -2.50. The first-order chi connectivity index (χ1) is 7.69. The number of hydrogen-bond donors (Lipinski definition) is 2. The molecule has 80 valence electrons. The van der Waals surface area contributed by atoms with E-state index >= 15 is 0 Å². The Hall–Kier alpha value is -2.35. The van der Waals surface area contributed by atoms with Gasteiger partial charge >= 0.3 is 0 Å². The molecule has 5 heteroatoms. The van der Waals surface area contributed by atoms with Crippen LogP contribution in [0.4, 0.5) is 5.69 Å². The number of carbonyl (C=O) groups excluding carboxylic acids is 1. The zero-order valence-electron chi connectivity index (χ0n) is 8.69. The maximum atomic E-state index is 11.6. The zero-order chi connectivity index (χ0) is 11.6. The minimum atomic E-state index is -1.39. The molecule has 1 atom stereocenters. The molecule has 0 saturated carbocycles. The number of hydrazone groups is 1. The molecular weight excluding hydrogens is 204 g/mol. The van der Waals surface area contributed by atoms with Gasteiger partial charge in [0.2, 0.25) is 5.54 Å². The average molecular weight is 214 g/mol. The minimum absolute atomic E-state index is 0.420. The molecule has 0 aliphatic carbocycles. The Bertz CT molecular complexity index is 488. The van der Waals surface area contributed by atoms with Gasteiger partial charge in [-0.1, -0.05) is 18.2 Å².